The SMILES string of the molecule is CC(C)c1nc(-c2cnc(N)c(OC(F)(F)F)c2)cn1C12CC(C1)C2. The number of nitrogens with zero attached hydrogens (tertiary/aromatic N) is 3. The molecule has 0 spiro atoms. The van der Waals surface area contributed by atoms with Crippen LogP contribution in [0.25, 0.3) is 11.3 Å². The summed E-state index contributed by atoms with van der Waals surface area (Å²) in [5.74, 6) is 1.18. The summed E-state index contributed by atoms with van der Waals surface area (Å²) in [4.78, 5) is 8.50. The van der Waals surface area contributed by atoms with E-state index >= 15 is 0 Å². The lowest BCUT2D eigenvalue weighted by Gasteiger charge is -2.62. The van der Waals surface area contributed by atoms with Gasteiger partial charge in [0.25, 0.3) is 0 Å². The standard InChI is InChI=1S/C17H19F3N4O/c1-9(2)15-23-12(8-24(15)16-4-10(5-16)6-16)11-3-13(14(21)22-7-11)25-17(18,19)20/h3,7-10H,4-6H2,1-2H3,(H2,21,22). The lowest BCUT2D eigenvalue weighted by molar-refractivity contribution is -0.274. The topological polar surface area (TPSA) is 66.0 Å². The van der Waals surface area contributed by atoms with Gasteiger partial charge in [0.05, 0.1) is 5.69 Å². The molecule has 5 nitrogen and oxygen atoms in total. The molecule has 3 fully saturated rings. The Morgan fingerprint density at radius 1 is 1.32 bits per heavy atom. The molecule has 134 valence electrons. The van der Waals surface area contributed by atoms with E-state index in [1.165, 1.54) is 12.3 Å². The van der Waals surface area contributed by atoms with Crippen LogP contribution in [-0.4, -0.2) is 20.9 Å². The Balaban J connectivity index is 1.72. The van der Waals surface area contributed by atoms with Gasteiger partial charge in [0.1, 0.15) is 5.82 Å². The Kier molecular flexibility index (Phi) is 3.33. The van der Waals surface area contributed by atoms with Crippen LogP contribution in [0.4, 0.5) is 19.0 Å². The van der Waals surface area contributed by atoms with E-state index in [1.54, 1.807) is 0 Å². The second-order valence-electron chi connectivity index (χ2n) is 7.37. The fraction of sp³-hybridized carbons (Fsp3) is 0.529. The van der Waals surface area contributed by atoms with Crippen molar-refractivity contribution in [1.82, 2.24) is 14.5 Å². The molecule has 5 rings (SSSR count). The first kappa shape index (κ1) is 16.2. The Labute approximate surface area is 143 Å². The van der Waals surface area contributed by atoms with Gasteiger partial charge in [-0.05, 0) is 31.2 Å². The molecule has 2 bridgehead atoms. The molecule has 0 amide bonds. The van der Waals surface area contributed by atoms with Gasteiger partial charge in [0, 0.05) is 29.4 Å². The van der Waals surface area contributed by atoms with E-state index in [9.17, 15) is 13.2 Å². The summed E-state index contributed by atoms with van der Waals surface area (Å²) in [6.45, 7) is 4.13. The highest BCUT2D eigenvalue weighted by Gasteiger charge is 2.58. The van der Waals surface area contributed by atoms with Gasteiger partial charge >= 0.3 is 6.36 Å². The van der Waals surface area contributed by atoms with Crippen LogP contribution in [0, 0.1) is 5.92 Å². The molecule has 0 radical (unpaired) electrons. The van der Waals surface area contributed by atoms with Gasteiger partial charge in [-0.3, -0.25) is 0 Å². The van der Waals surface area contributed by atoms with Crippen molar-refractivity contribution in [2.75, 3.05) is 5.73 Å². The average molecular weight is 352 g/mol. The molecular weight excluding hydrogens is 333 g/mol. The van der Waals surface area contributed by atoms with Gasteiger partial charge < -0.3 is 15.0 Å². The number of hydrogen-bond donors (Lipinski definition) is 1. The van der Waals surface area contributed by atoms with Crippen LogP contribution in [0.3, 0.4) is 0 Å². The number of nitrogen functional groups attached to an aromatic ring is 1. The van der Waals surface area contributed by atoms with Gasteiger partial charge in [-0.1, -0.05) is 13.8 Å². The third-order valence-corrected chi connectivity index (χ3v) is 5.17. The Hall–Kier alpha value is -2.25. The lowest BCUT2D eigenvalue weighted by atomic mass is 9.49. The summed E-state index contributed by atoms with van der Waals surface area (Å²) in [5, 5.41) is 0. The first-order valence-corrected chi connectivity index (χ1v) is 8.28. The summed E-state index contributed by atoms with van der Waals surface area (Å²) in [6.07, 6.45) is 2.01. The van der Waals surface area contributed by atoms with E-state index in [1.807, 2.05) is 6.20 Å². The van der Waals surface area contributed by atoms with Crippen molar-refractivity contribution >= 4 is 5.82 Å². The molecule has 3 aliphatic carbocycles. The molecule has 0 saturated heterocycles. The Morgan fingerprint density at radius 2 is 2.00 bits per heavy atom. The maximum atomic E-state index is 12.5. The maximum absolute atomic E-state index is 12.5. The van der Waals surface area contributed by atoms with E-state index < -0.39 is 12.1 Å². The monoisotopic (exact) mass is 352 g/mol. The van der Waals surface area contributed by atoms with Crippen molar-refractivity contribution in [3.8, 4) is 17.0 Å². The quantitative estimate of drug-likeness (QED) is 0.901. The highest BCUT2D eigenvalue weighted by Crippen LogP contribution is 2.63. The molecule has 0 atom stereocenters. The number of nitrogens with two attached hydrogens (primary N) is 1. The zero-order valence-electron chi connectivity index (χ0n) is 14.0. The number of anilines is 1. The number of alkyl halides is 3. The van der Waals surface area contributed by atoms with E-state index in [0.29, 0.717) is 11.3 Å². The number of aromatic nitrogens is 3. The van der Waals surface area contributed by atoms with Crippen molar-refractivity contribution in [2.24, 2.45) is 5.92 Å². The largest absolute Gasteiger partial charge is 0.573 e. The number of ether oxygens (including phenoxy) is 1. The minimum atomic E-state index is -4.82. The van der Waals surface area contributed by atoms with Gasteiger partial charge in [-0.15, -0.1) is 13.2 Å². The lowest BCUT2D eigenvalue weighted by Crippen LogP contribution is -2.59. The molecule has 25 heavy (non-hydrogen) atoms. The van der Waals surface area contributed by atoms with Crippen LogP contribution < -0.4 is 10.5 Å². The minimum absolute atomic E-state index is 0.155. The predicted molar refractivity (Wildman–Crippen MR) is 86.0 cm³/mol. The van der Waals surface area contributed by atoms with Crippen LogP contribution in [0.1, 0.15) is 44.9 Å². The van der Waals surface area contributed by atoms with Crippen LogP contribution >= 0.6 is 0 Å². The molecular formula is C17H19F3N4O. The molecule has 8 heteroatoms. The fourth-order valence-electron chi connectivity index (χ4n) is 3.85. The predicted octanol–water partition coefficient (Wildman–Crippen LogP) is 4.06. The second-order valence-corrected chi connectivity index (χ2v) is 7.37. The van der Waals surface area contributed by atoms with Crippen molar-refractivity contribution in [3.63, 3.8) is 0 Å². The Bertz CT molecular complexity index is 811. The average Bonchev–Trinajstić information content (AvgIpc) is 2.81. The highest BCUT2D eigenvalue weighted by atomic mass is 19.4. The highest BCUT2D eigenvalue weighted by molar-refractivity contribution is 5.64. The van der Waals surface area contributed by atoms with Gasteiger partial charge in [-0.2, -0.15) is 0 Å². The van der Waals surface area contributed by atoms with Crippen molar-refractivity contribution in [2.45, 2.75) is 50.9 Å². The molecule has 3 aliphatic rings. The molecule has 2 aromatic rings. The van der Waals surface area contributed by atoms with E-state index in [4.69, 9.17) is 5.73 Å². The molecule has 0 unspecified atom stereocenters. The number of imidazole rings is 1. The Morgan fingerprint density at radius 3 is 2.52 bits per heavy atom. The summed E-state index contributed by atoms with van der Waals surface area (Å²) in [6, 6.07) is 1.24. The molecule has 0 aliphatic heterocycles. The van der Waals surface area contributed by atoms with Crippen molar-refractivity contribution in [1.29, 1.82) is 0 Å². The third kappa shape index (κ3) is 2.63. The van der Waals surface area contributed by atoms with Gasteiger partial charge in [-0.25, -0.2) is 9.97 Å². The zero-order valence-corrected chi connectivity index (χ0v) is 14.0. The van der Waals surface area contributed by atoms with Gasteiger partial charge in [0.15, 0.2) is 11.6 Å². The first-order chi connectivity index (χ1) is 11.7. The number of pyridine rings is 1. The molecule has 0 aromatic carbocycles. The minimum Gasteiger partial charge on any atom is -0.402 e. The fourth-order valence-corrected chi connectivity index (χ4v) is 3.85. The summed E-state index contributed by atoms with van der Waals surface area (Å²) < 4.78 is 43.7. The number of halogens is 3. The van der Waals surface area contributed by atoms with E-state index in [0.717, 1.165) is 31.0 Å². The number of rotatable bonds is 4. The zero-order chi connectivity index (χ0) is 18.0. The second kappa shape index (κ2) is 5.12. The molecule has 2 heterocycles. The van der Waals surface area contributed by atoms with Crippen LogP contribution in [0.5, 0.6) is 5.75 Å². The smallest absolute Gasteiger partial charge is 0.402 e. The van der Waals surface area contributed by atoms with Crippen LogP contribution in [0.2, 0.25) is 0 Å². The number of hydrogen-bond acceptors (Lipinski definition) is 4. The van der Waals surface area contributed by atoms with Gasteiger partial charge in [0.2, 0.25) is 0 Å². The normalized spacial score (nSPS) is 24.8. The van der Waals surface area contributed by atoms with Crippen molar-refractivity contribution in [3.05, 3.63) is 24.3 Å². The van der Waals surface area contributed by atoms with E-state index in [2.05, 4.69) is 33.1 Å². The summed E-state index contributed by atoms with van der Waals surface area (Å²) in [7, 11) is 0. The molecule has 2 aromatic heterocycles. The molecule has 3 saturated carbocycles. The summed E-state index contributed by atoms with van der Waals surface area (Å²) >= 11 is 0. The third-order valence-electron chi connectivity index (χ3n) is 5.17. The summed E-state index contributed by atoms with van der Waals surface area (Å²) in [5.41, 5.74) is 6.71. The van der Waals surface area contributed by atoms with Crippen molar-refractivity contribution < 1.29 is 17.9 Å². The van der Waals surface area contributed by atoms with Crippen LogP contribution in [0.15, 0.2) is 18.5 Å². The van der Waals surface area contributed by atoms with Crippen LogP contribution in [-0.2, 0) is 5.54 Å². The first-order valence-electron chi connectivity index (χ1n) is 8.28. The van der Waals surface area contributed by atoms with E-state index in [-0.39, 0.29) is 17.3 Å². The molecule has 2 N–H and O–H groups in total. The maximum Gasteiger partial charge on any atom is 0.573 e.